The number of hydrogen-bond donors (Lipinski definition) is 0. The van der Waals surface area contributed by atoms with Gasteiger partial charge >= 0.3 is 0 Å². The Morgan fingerprint density at radius 1 is 1.06 bits per heavy atom. The fraction of sp³-hybridized carbons (Fsp3) is 0.500. The van der Waals surface area contributed by atoms with Gasteiger partial charge in [-0.3, -0.25) is 0 Å². The number of anilines is 2. The zero-order valence-electron chi connectivity index (χ0n) is 18.3. The highest BCUT2D eigenvalue weighted by Gasteiger charge is 2.33. The molecule has 1 unspecified atom stereocenters. The molecule has 3 aromatic rings. The Hall–Kier alpha value is -1.92. The van der Waals surface area contributed by atoms with Crippen molar-refractivity contribution in [3.8, 4) is 0 Å². The third kappa shape index (κ3) is 3.89. The van der Waals surface area contributed by atoms with Crippen LogP contribution < -0.4 is 9.80 Å². The second-order valence-corrected chi connectivity index (χ2v) is 11.2. The number of fused-ring (bicyclic) bond motifs is 3. The molecule has 0 radical (unpaired) electrons. The van der Waals surface area contributed by atoms with E-state index in [0.717, 1.165) is 49.7 Å². The van der Waals surface area contributed by atoms with Crippen molar-refractivity contribution in [3.63, 3.8) is 0 Å². The predicted molar refractivity (Wildman–Crippen MR) is 128 cm³/mol. The summed E-state index contributed by atoms with van der Waals surface area (Å²) < 4.78 is 14.2. The quantitative estimate of drug-likeness (QED) is 0.443. The first-order valence-corrected chi connectivity index (χ1v) is 12.2. The average molecular weight is 459 g/mol. The van der Waals surface area contributed by atoms with Crippen molar-refractivity contribution in [2.45, 2.75) is 40.0 Å². The molecule has 1 aliphatic heterocycles. The Balaban J connectivity index is 1.45. The molecule has 1 atom stereocenters. The number of piperazine rings is 1. The lowest BCUT2D eigenvalue weighted by Crippen LogP contribution is -2.47. The van der Waals surface area contributed by atoms with Crippen molar-refractivity contribution < 1.29 is 4.39 Å². The monoisotopic (exact) mass is 458 g/mol. The minimum absolute atomic E-state index is 0.163. The lowest BCUT2D eigenvalue weighted by molar-refractivity contribution is 0.218. The van der Waals surface area contributed by atoms with Crippen LogP contribution in [0, 0.1) is 17.2 Å². The van der Waals surface area contributed by atoms with Gasteiger partial charge in [-0.1, -0.05) is 32.9 Å². The van der Waals surface area contributed by atoms with E-state index in [1.165, 1.54) is 28.3 Å². The Kier molecular flexibility index (Phi) is 5.33. The Labute approximate surface area is 192 Å². The van der Waals surface area contributed by atoms with Crippen molar-refractivity contribution in [2.24, 2.45) is 11.3 Å². The van der Waals surface area contributed by atoms with Gasteiger partial charge in [0.05, 0.1) is 11.1 Å². The zero-order chi connectivity index (χ0) is 21.8. The normalized spacial score (nSPS) is 19.7. The molecule has 2 aromatic heterocycles. The number of nitrogens with zero attached hydrogens (tertiary/aromatic N) is 4. The van der Waals surface area contributed by atoms with Crippen LogP contribution in [0.25, 0.3) is 10.2 Å². The molecule has 1 fully saturated rings. The lowest BCUT2D eigenvalue weighted by Gasteiger charge is -2.37. The van der Waals surface area contributed by atoms with Crippen LogP contribution >= 0.6 is 22.9 Å². The van der Waals surface area contributed by atoms with Gasteiger partial charge in [-0.2, -0.15) is 4.98 Å². The van der Waals surface area contributed by atoms with Crippen molar-refractivity contribution in [1.29, 1.82) is 0 Å². The summed E-state index contributed by atoms with van der Waals surface area (Å²) in [5.41, 5.74) is 2.40. The van der Waals surface area contributed by atoms with Crippen molar-refractivity contribution in [2.75, 3.05) is 36.0 Å². The minimum atomic E-state index is -0.163. The SMILES string of the molecule is CC(C)(C)C1CCc2c(sc3nc(Cl)nc(N4CCN(c5ccccc5F)CC4)c23)C1. The van der Waals surface area contributed by atoms with Crippen molar-refractivity contribution in [3.05, 3.63) is 45.8 Å². The number of aryl methyl sites for hydroxylation is 1. The topological polar surface area (TPSA) is 32.3 Å². The predicted octanol–water partition coefficient (Wildman–Crippen LogP) is 5.96. The molecule has 0 saturated carbocycles. The van der Waals surface area contributed by atoms with E-state index in [2.05, 4.69) is 40.5 Å². The molecule has 2 aliphatic rings. The fourth-order valence-electron chi connectivity index (χ4n) is 4.97. The lowest BCUT2D eigenvalue weighted by atomic mass is 9.72. The maximum absolute atomic E-state index is 14.2. The van der Waals surface area contributed by atoms with E-state index in [0.29, 0.717) is 22.3 Å². The number of halogens is 2. The van der Waals surface area contributed by atoms with Gasteiger partial charge in [0.15, 0.2) is 0 Å². The first-order chi connectivity index (χ1) is 14.8. The van der Waals surface area contributed by atoms with Crippen molar-refractivity contribution in [1.82, 2.24) is 9.97 Å². The number of hydrogen-bond acceptors (Lipinski definition) is 5. The number of aromatic nitrogens is 2. The first-order valence-electron chi connectivity index (χ1n) is 11.0. The Morgan fingerprint density at radius 2 is 1.77 bits per heavy atom. The van der Waals surface area contributed by atoms with Crippen LogP contribution in [0.15, 0.2) is 24.3 Å². The minimum Gasteiger partial charge on any atom is -0.366 e. The van der Waals surface area contributed by atoms with E-state index in [9.17, 15) is 4.39 Å². The average Bonchev–Trinajstić information content (AvgIpc) is 3.10. The molecule has 0 spiro atoms. The van der Waals surface area contributed by atoms with Gasteiger partial charge in [0.1, 0.15) is 16.5 Å². The number of benzene rings is 1. The highest BCUT2D eigenvalue weighted by atomic mass is 35.5. The van der Waals surface area contributed by atoms with Crippen LogP contribution in [-0.4, -0.2) is 36.1 Å². The summed E-state index contributed by atoms with van der Waals surface area (Å²) in [6.45, 7) is 10.1. The molecular weight excluding hydrogens is 431 g/mol. The van der Waals surface area contributed by atoms with Crippen LogP contribution in [0.4, 0.5) is 15.9 Å². The highest BCUT2D eigenvalue weighted by molar-refractivity contribution is 7.19. The smallest absolute Gasteiger partial charge is 0.225 e. The van der Waals surface area contributed by atoms with Gasteiger partial charge in [-0.15, -0.1) is 11.3 Å². The summed E-state index contributed by atoms with van der Waals surface area (Å²) >= 11 is 8.14. The summed E-state index contributed by atoms with van der Waals surface area (Å²) in [7, 11) is 0. The molecule has 4 nitrogen and oxygen atoms in total. The van der Waals surface area contributed by atoms with E-state index >= 15 is 0 Å². The maximum Gasteiger partial charge on any atom is 0.225 e. The standard InChI is InChI=1S/C24H28ClFN4S/c1-24(2,3)15-8-9-16-19(14-15)31-22-20(16)21(27-23(25)28-22)30-12-10-29(11-13-30)18-7-5-4-6-17(18)26/h4-7,15H,8-14H2,1-3H3. The molecular formula is C24H28ClFN4S. The van der Waals surface area contributed by atoms with Gasteiger partial charge in [-0.05, 0) is 59.9 Å². The Bertz CT molecular complexity index is 1110. The van der Waals surface area contributed by atoms with E-state index in [1.54, 1.807) is 17.4 Å². The third-order valence-electron chi connectivity index (χ3n) is 6.86. The second-order valence-electron chi connectivity index (χ2n) is 9.73. The van der Waals surface area contributed by atoms with Gasteiger partial charge in [-0.25, -0.2) is 9.37 Å². The molecule has 1 aliphatic carbocycles. The summed E-state index contributed by atoms with van der Waals surface area (Å²) in [6, 6.07) is 7.00. The van der Waals surface area contributed by atoms with E-state index < -0.39 is 0 Å². The second kappa shape index (κ2) is 7.89. The van der Waals surface area contributed by atoms with Gasteiger partial charge in [0, 0.05) is 31.1 Å². The third-order valence-corrected chi connectivity index (χ3v) is 8.18. The summed E-state index contributed by atoms with van der Waals surface area (Å²) in [5.74, 6) is 1.47. The van der Waals surface area contributed by atoms with Crippen molar-refractivity contribution >= 4 is 44.7 Å². The van der Waals surface area contributed by atoms with Crippen LogP contribution in [0.1, 0.15) is 37.6 Å². The summed E-state index contributed by atoms with van der Waals surface area (Å²) in [4.78, 5) is 16.1. The molecule has 0 N–H and O–H groups in total. The molecule has 0 bridgehead atoms. The van der Waals surface area contributed by atoms with Gasteiger partial charge < -0.3 is 9.80 Å². The molecule has 3 heterocycles. The maximum atomic E-state index is 14.2. The fourth-order valence-corrected chi connectivity index (χ4v) is 6.48. The molecule has 1 saturated heterocycles. The molecule has 164 valence electrons. The largest absolute Gasteiger partial charge is 0.366 e. The first kappa shape index (κ1) is 21.0. The molecule has 7 heteroatoms. The molecule has 5 rings (SSSR count). The van der Waals surface area contributed by atoms with E-state index in [-0.39, 0.29) is 5.82 Å². The van der Waals surface area contributed by atoms with E-state index in [4.69, 9.17) is 11.6 Å². The van der Waals surface area contributed by atoms with Crippen LogP contribution in [0.2, 0.25) is 5.28 Å². The summed E-state index contributed by atoms with van der Waals surface area (Å²) in [6.07, 6.45) is 3.38. The van der Waals surface area contributed by atoms with E-state index in [1.807, 2.05) is 12.1 Å². The van der Waals surface area contributed by atoms with Gasteiger partial charge in [0.2, 0.25) is 5.28 Å². The van der Waals surface area contributed by atoms with Crippen LogP contribution in [0.5, 0.6) is 0 Å². The number of para-hydroxylation sites is 1. The van der Waals surface area contributed by atoms with Crippen LogP contribution in [-0.2, 0) is 12.8 Å². The number of thiophene rings is 1. The zero-order valence-corrected chi connectivity index (χ0v) is 19.9. The molecule has 0 amide bonds. The molecule has 31 heavy (non-hydrogen) atoms. The Morgan fingerprint density at radius 3 is 2.48 bits per heavy atom. The molecule has 1 aromatic carbocycles. The van der Waals surface area contributed by atoms with Gasteiger partial charge in [0.25, 0.3) is 0 Å². The highest BCUT2D eigenvalue weighted by Crippen LogP contribution is 2.45. The summed E-state index contributed by atoms with van der Waals surface area (Å²) in [5, 5.41) is 1.50. The van der Waals surface area contributed by atoms with Crippen LogP contribution in [0.3, 0.4) is 0 Å². The number of rotatable bonds is 2.